The molecule has 1 aliphatic rings. The Bertz CT molecular complexity index is 5810. The van der Waals surface area contributed by atoms with E-state index in [9.17, 15) is 0 Å². The zero-order chi connectivity index (χ0) is 78.7. The molecule has 0 unspecified atom stereocenters. The summed E-state index contributed by atoms with van der Waals surface area (Å²) in [5.41, 5.74) is 45.6. The van der Waals surface area contributed by atoms with E-state index in [0.29, 0.717) is 0 Å². The zero-order valence-corrected chi connectivity index (χ0v) is 68.8. The number of aryl methyl sites for hydroxylation is 16. The fraction of sp³-hybridized carbons (Fsp3) is 0.204. The van der Waals surface area contributed by atoms with Crippen LogP contribution in [0.3, 0.4) is 0 Å². The summed E-state index contributed by atoms with van der Waals surface area (Å²) in [6, 6.07) is 103. The van der Waals surface area contributed by atoms with Crippen LogP contribution in [0, 0.1) is 83.1 Å². The van der Waals surface area contributed by atoms with Gasteiger partial charge in [0.1, 0.15) is 28.2 Å². The summed E-state index contributed by atoms with van der Waals surface area (Å²) in [4.78, 5) is 0. The maximum absolute atomic E-state index is 2.48. The molecule has 4 heterocycles. The van der Waals surface area contributed by atoms with E-state index in [0.717, 1.165) is 5.92 Å². The van der Waals surface area contributed by atoms with Gasteiger partial charge in [0.25, 0.3) is 0 Å². The largest absolute Gasteiger partial charge is 0.213 e. The summed E-state index contributed by atoms with van der Waals surface area (Å²) in [5, 5.41) is 0. The van der Waals surface area contributed by atoms with Crippen molar-refractivity contribution in [1.82, 2.24) is 0 Å². The average molecular weight is 1460 g/mol. The number of hydrogen-bond acceptors (Lipinski definition) is 0. The van der Waals surface area contributed by atoms with Crippen LogP contribution >= 0.6 is 0 Å². The van der Waals surface area contributed by atoms with Crippen molar-refractivity contribution in [1.29, 1.82) is 0 Å². The molecule has 0 atom stereocenters. The minimum absolute atomic E-state index is 0.730. The van der Waals surface area contributed by atoms with Gasteiger partial charge in [-0.05, 0) is 271 Å². The summed E-state index contributed by atoms with van der Waals surface area (Å²) in [5.74, 6) is 0.730. The quantitative estimate of drug-likeness (QED) is 0.108. The highest BCUT2D eigenvalue weighted by Crippen LogP contribution is 2.41. The lowest BCUT2D eigenvalue weighted by atomic mass is 9.82. The molecule has 16 rings (SSSR count). The minimum Gasteiger partial charge on any atom is -0.201 e. The number of aromatic nitrogens is 4. The third-order valence-electron chi connectivity index (χ3n) is 23.1. The molecule has 0 spiro atoms. The topological polar surface area (TPSA) is 15.5 Å². The van der Waals surface area contributed by atoms with Crippen molar-refractivity contribution in [2.45, 2.75) is 121 Å². The molecular weight excluding hydrogens is 1350 g/mol. The first-order valence-electron chi connectivity index (χ1n) is 40.0. The molecule has 1 fully saturated rings. The Morgan fingerprint density at radius 1 is 0.205 bits per heavy atom. The van der Waals surface area contributed by atoms with E-state index in [1.807, 2.05) is 0 Å². The molecule has 0 saturated heterocycles. The summed E-state index contributed by atoms with van der Waals surface area (Å²) in [6.45, 7) is 26.5. The van der Waals surface area contributed by atoms with E-state index >= 15 is 0 Å². The van der Waals surface area contributed by atoms with Gasteiger partial charge in [0, 0.05) is 70.3 Å². The third kappa shape index (κ3) is 17.7. The highest BCUT2D eigenvalue weighted by molar-refractivity contribution is 5.83. The smallest absolute Gasteiger partial charge is 0.201 e. The molecule has 4 aromatic heterocycles. The first-order valence-corrected chi connectivity index (χ1v) is 40.0. The molecule has 0 bridgehead atoms. The molecule has 0 radical (unpaired) electrons. The Balaban J connectivity index is 0.000000131. The van der Waals surface area contributed by atoms with Crippen LogP contribution in [-0.4, -0.2) is 0 Å². The van der Waals surface area contributed by atoms with Crippen LogP contribution in [0.25, 0.3) is 123 Å². The van der Waals surface area contributed by atoms with Crippen LogP contribution in [0.1, 0.15) is 110 Å². The van der Waals surface area contributed by atoms with Gasteiger partial charge in [0.2, 0.25) is 22.8 Å². The van der Waals surface area contributed by atoms with E-state index in [4.69, 9.17) is 0 Å². The summed E-state index contributed by atoms with van der Waals surface area (Å²) >= 11 is 0. The minimum atomic E-state index is 0.730. The molecule has 0 aliphatic heterocycles. The number of hydrogen-bond donors (Lipinski definition) is 0. The molecule has 558 valence electrons. The maximum atomic E-state index is 2.48. The van der Waals surface area contributed by atoms with E-state index in [1.54, 1.807) is 5.56 Å². The molecular formula is C108H110N4+4. The number of nitrogens with zero attached hydrogens (tertiary/aromatic N) is 4. The van der Waals surface area contributed by atoms with Gasteiger partial charge in [-0.15, -0.1) is 0 Å². The van der Waals surface area contributed by atoms with E-state index in [-0.39, 0.29) is 0 Å². The van der Waals surface area contributed by atoms with E-state index < -0.39 is 0 Å². The first-order chi connectivity index (χ1) is 54.2. The molecule has 112 heavy (non-hydrogen) atoms. The van der Waals surface area contributed by atoms with Crippen LogP contribution in [0.5, 0.6) is 0 Å². The van der Waals surface area contributed by atoms with Gasteiger partial charge in [-0.25, -0.2) is 18.3 Å². The molecule has 4 heteroatoms. The molecule has 0 amide bonds. The molecule has 1 aliphatic carbocycles. The standard InChI is InChI=1S/C28H28N.C27H32N.C27H26N.C26H24N/c1-19-10-9-11-20(2)28(19)24-14-15-29(5)27(17-24)26-18-25(21(3)16-22(26)4)23-12-7-6-8-13-23;1-19-15-20(2)26(16-24(19)22-11-7-5-8-12-22)27-17-25(21(3)18-28(27)4)23-13-9-6-10-14-23;1-19-10-8-9-13-24(19)23-14-15-28(4)27(17-23)26-18-25(20(2)16-21(26)3)22-11-6-5-7-12-22;1-19-16-20(2)25(18-24(19)22-12-8-5-9-13-22)26-17-23(14-15-27(26)3)21-10-6-4-7-11-21/h6-18H,1-5H3;5,7-8,11-12,15-18,23H,6,9-10,13-14H2,1-4H3;5-18H,1-4H3;4-18H,1-3H3/q4*+1. The fourth-order valence-electron chi connectivity index (χ4n) is 17.0. The van der Waals surface area contributed by atoms with Crippen molar-refractivity contribution in [3.05, 3.63) is 382 Å². The van der Waals surface area contributed by atoms with Gasteiger partial charge in [0.05, 0.1) is 0 Å². The Hall–Kier alpha value is -12.0. The lowest BCUT2D eigenvalue weighted by Gasteiger charge is -2.23. The molecule has 11 aromatic carbocycles. The molecule has 4 nitrogen and oxygen atoms in total. The highest BCUT2D eigenvalue weighted by atomic mass is 14.9. The second-order valence-electron chi connectivity index (χ2n) is 31.3. The predicted molar refractivity (Wildman–Crippen MR) is 473 cm³/mol. The van der Waals surface area contributed by atoms with E-state index in [2.05, 4.69) is 439 Å². The van der Waals surface area contributed by atoms with E-state index in [1.165, 1.54) is 222 Å². The summed E-state index contributed by atoms with van der Waals surface area (Å²) in [6.07, 6.45) is 15.7. The van der Waals surface area contributed by atoms with Crippen molar-refractivity contribution in [3.63, 3.8) is 0 Å². The lowest BCUT2D eigenvalue weighted by Crippen LogP contribution is -2.32. The maximum Gasteiger partial charge on any atom is 0.213 e. The normalized spacial score (nSPS) is 11.9. The van der Waals surface area contributed by atoms with Gasteiger partial charge in [-0.3, -0.25) is 0 Å². The predicted octanol–water partition coefficient (Wildman–Crippen LogP) is 26.1. The van der Waals surface area contributed by atoms with Crippen LogP contribution < -0.4 is 18.3 Å². The van der Waals surface area contributed by atoms with Crippen molar-refractivity contribution in [3.8, 4) is 123 Å². The second-order valence-corrected chi connectivity index (χ2v) is 31.3. The van der Waals surface area contributed by atoms with Crippen molar-refractivity contribution < 1.29 is 18.3 Å². The SMILES string of the molecule is Cc1cc(C)c(-c2cc(-c3c(C)cccc3C)cc[n+]2C)cc1-c1ccccc1.Cc1cc(C)c(-c2cc(-c3ccccc3)cc[n+]2C)cc1-c1ccccc1.Cc1cc(C)c(-c2cc(C3CCCCC3)c(C)c[n+]2C)cc1-c1ccccc1.Cc1ccccc1-c1cc[n+](C)c(-c2cc(-c3ccccc3)c(C)cc2C)c1. The summed E-state index contributed by atoms with van der Waals surface area (Å²) in [7, 11) is 8.56. The Morgan fingerprint density at radius 3 is 0.893 bits per heavy atom. The number of rotatable bonds is 12. The Labute approximate surface area is 668 Å². The van der Waals surface area contributed by atoms with Gasteiger partial charge in [0.15, 0.2) is 24.8 Å². The van der Waals surface area contributed by atoms with Gasteiger partial charge in [-0.1, -0.05) is 238 Å². The summed E-state index contributed by atoms with van der Waals surface area (Å²) < 4.78 is 8.96. The van der Waals surface area contributed by atoms with Gasteiger partial charge < -0.3 is 0 Å². The Kier molecular flexibility index (Phi) is 24.7. The number of pyridine rings is 4. The average Bonchev–Trinajstić information content (AvgIpc) is 0.798. The Morgan fingerprint density at radius 2 is 0.509 bits per heavy atom. The highest BCUT2D eigenvalue weighted by Gasteiger charge is 2.26. The number of benzene rings is 11. The van der Waals surface area contributed by atoms with Crippen LogP contribution in [-0.2, 0) is 28.2 Å². The van der Waals surface area contributed by atoms with Crippen molar-refractivity contribution in [2.75, 3.05) is 0 Å². The van der Waals surface area contributed by atoms with Gasteiger partial charge >= 0.3 is 0 Å². The first kappa shape index (κ1) is 78.2. The molecule has 1 saturated carbocycles. The van der Waals surface area contributed by atoms with Crippen LogP contribution in [0.2, 0.25) is 0 Å². The molecule has 0 N–H and O–H groups in total. The fourth-order valence-corrected chi connectivity index (χ4v) is 17.0. The monoisotopic (exact) mass is 1460 g/mol. The molecule has 15 aromatic rings. The lowest BCUT2D eigenvalue weighted by molar-refractivity contribution is -0.660. The zero-order valence-electron chi connectivity index (χ0n) is 68.8. The van der Waals surface area contributed by atoms with Gasteiger partial charge in [-0.2, -0.15) is 0 Å². The van der Waals surface area contributed by atoms with Crippen LogP contribution in [0.15, 0.2) is 310 Å². The second kappa shape index (κ2) is 35.4. The van der Waals surface area contributed by atoms with Crippen molar-refractivity contribution >= 4 is 0 Å². The van der Waals surface area contributed by atoms with Crippen molar-refractivity contribution in [2.24, 2.45) is 28.2 Å². The van der Waals surface area contributed by atoms with Crippen LogP contribution in [0.4, 0.5) is 0 Å². The third-order valence-corrected chi connectivity index (χ3v) is 23.1.